The Morgan fingerprint density at radius 3 is 2.89 bits per heavy atom. The Hall–Kier alpha value is -2.23. The maximum absolute atomic E-state index is 10.6. The van der Waals surface area contributed by atoms with E-state index in [-0.39, 0.29) is 0 Å². The van der Waals surface area contributed by atoms with Crippen molar-refractivity contribution in [1.82, 2.24) is 4.57 Å². The normalized spacial score (nSPS) is 11.8. The Balaban J connectivity index is 2.32. The smallest absolute Gasteiger partial charge is 0.328 e. The number of nitrogens with zero attached hydrogens (tertiary/aromatic N) is 1. The van der Waals surface area contributed by atoms with Gasteiger partial charge in [0.25, 0.3) is 0 Å². The first-order valence-electron chi connectivity index (χ1n) is 5.63. The van der Waals surface area contributed by atoms with Gasteiger partial charge >= 0.3 is 5.97 Å². The van der Waals surface area contributed by atoms with E-state index in [1.54, 1.807) is 7.11 Å². The molecule has 0 atom stereocenters. The molecule has 1 N–H and O–H groups in total. The number of carbonyl (C=O) groups is 1. The third-order valence-electron chi connectivity index (χ3n) is 2.77. The maximum Gasteiger partial charge on any atom is 0.328 e. The molecule has 1 aromatic heterocycles. The highest BCUT2D eigenvalue weighted by Crippen LogP contribution is 2.22. The van der Waals surface area contributed by atoms with Crippen molar-refractivity contribution in [3.05, 3.63) is 42.1 Å². The molecule has 0 saturated heterocycles. The molecule has 0 unspecified atom stereocenters. The minimum atomic E-state index is -0.911. The zero-order chi connectivity index (χ0) is 13.1. The summed E-state index contributed by atoms with van der Waals surface area (Å²) in [4.78, 5) is 10.6. The molecule has 0 spiro atoms. The zero-order valence-electron chi connectivity index (χ0n) is 10.4. The number of fused-ring (bicyclic) bond motifs is 1. The maximum atomic E-state index is 10.6. The largest absolute Gasteiger partial charge is 0.497 e. The second kappa shape index (κ2) is 4.96. The average molecular weight is 245 g/mol. The first-order chi connectivity index (χ1) is 8.60. The molecule has 2 rings (SSSR count). The van der Waals surface area contributed by atoms with Crippen LogP contribution in [0.1, 0.15) is 6.92 Å². The van der Waals surface area contributed by atoms with E-state index in [1.165, 1.54) is 6.08 Å². The highest BCUT2D eigenvalue weighted by atomic mass is 16.5. The van der Waals surface area contributed by atoms with Gasteiger partial charge in [-0.1, -0.05) is 0 Å². The Bertz CT molecular complexity index is 611. The summed E-state index contributed by atoms with van der Waals surface area (Å²) in [6, 6.07) is 7.82. The summed E-state index contributed by atoms with van der Waals surface area (Å²) in [7, 11) is 1.64. The van der Waals surface area contributed by atoms with E-state index in [1.807, 2.05) is 42.0 Å². The van der Waals surface area contributed by atoms with Crippen molar-refractivity contribution in [2.45, 2.75) is 13.5 Å². The topological polar surface area (TPSA) is 51.5 Å². The molecule has 0 aliphatic carbocycles. The van der Waals surface area contributed by atoms with Gasteiger partial charge in [-0.3, -0.25) is 0 Å². The van der Waals surface area contributed by atoms with Crippen LogP contribution in [-0.4, -0.2) is 22.8 Å². The number of ether oxygens (including phenoxy) is 1. The van der Waals surface area contributed by atoms with Crippen LogP contribution in [0.4, 0.5) is 0 Å². The molecule has 0 radical (unpaired) electrons. The number of aromatic nitrogens is 1. The van der Waals surface area contributed by atoms with E-state index in [4.69, 9.17) is 9.84 Å². The standard InChI is InChI=1S/C14H15NO3/c1-10(7-14(16)17)9-15-6-5-11-8-12(18-2)3-4-13(11)15/h3-8H,9H2,1-2H3,(H,16,17). The summed E-state index contributed by atoms with van der Waals surface area (Å²) in [5.74, 6) is -0.0938. The molecule has 2 aromatic rings. The van der Waals surface area contributed by atoms with Gasteiger partial charge in [-0.05, 0) is 36.8 Å². The van der Waals surface area contributed by atoms with E-state index >= 15 is 0 Å². The average Bonchev–Trinajstić information content (AvgIpc) is 2.70. The van der Waals surface area contributed by atoms with Crippen molar-refractivity contribution < 1.29 is 14.6 Å². The number of hydrogen-bond donors (Lipinski definition) is 1. The summed E-state index contributed by atoms with van der Waals surface area (Å²) < 4.78 is 7.18. The Labute approximate surface area is 105 Å². The van der Waals surface area contributed by atoms with Crippen LogP contribution in [-0.2, 0) is 11.3 Å². The lowest BCUT2D eigenvalue weighted by molar-refractivity contribution is -0.131. The minimum absolute atomic E-state index is 0.572. The van der Waals surface area contributed by atoms with Gasteiger partial charge in [0.15, 0.2) is 0 Å². The van der Waals surface area contributed by atoms with Gasteiger partial charge in [0.05, 0.1) is 7.11 Å². The molecule has 94 valence electrons. The lowest BCUT2D eigenvalue weighted by Gasteiger charge is -2.06. The van der Waals surface area contributed by atoms with E-state index in [0.717, 1.165) is 22.2 Å². The number of rotatable bonds is 4. The van der Waals surface area contributed by atoms with Crippen LogP contribution in [0.5, 0.6) is 5.75 Å². The summed E-state index contributed by atoms with van der Waals surface area (Å²) in [6.45, 7) is 2.38. The molecule has 18 heavy (non-hydrogen) atoms. The van der Waals surface area contributed by atoms with Gasteiger partial charge in [0.1, 0.15) is 5.75 Å². The predicted octanol–water partition coefficient (Wildman–Crippen LogP) is 2.68. The van der Waals surface area contributed by atoms with Crippen LogP contribution in [0.3, 0.4) is 0 Å². The second-order valence-corrected chi connectivity index (χ2v) is 4.20. The quantitative estimate of drug-likeness (QED) is 0.842. The third kappa shape index (κ3) is 2.53. The number of carboxylic acid groups (broad SMARTS) is 1. The number of methoxy groups -OCH3 is 1. The molecule has 0 saturated carbocycles. The van der Waals surface area contributed by atoms with Gasteiger partial charge in [-0.25, -0.2) is 4.79 Å². The van der Waals surface area contributed by atoms with E-state index in [9.17, 15) is 4.79 Å². The number of hydrogen-bond acceptors (Lipinski definition) is 2. The first kappa shape index (κ1) is 12.2. The van der Waals surface area contributed by atoms with Gasteiger partial charge < -0.3 is 14.4 Å². The van der Waals surface area contributed by atoms with Crippen LogP contribution in [0.25, 0.3) is 10.9 Å². The molecule has 0 amide bonds. The molecule has 0 aliphatic rings. The molecule has 1 aromatic carbocycles. The minimum Gasteiger partial charge on any atom is -0.497 e. The van der Waals surface area contributed by atoms with Crippen molar-refractivity contribution in [2.75, 3.05) is 7.11 Å². The molecular weight excluding hydrogens is 230 g/mol. The number of aliphatic carboxylic acids is 1. The summed E-state index contributed by atoms with van der Waals surface area (Å²) in [5.41, 5.74) is 1.87. The molecule has 0 bridgehead atoms. The van der Waals surface area contributed by atoms with Gasteiger partial charge in [0.2, 0.25) is 0 Å². The van der Waals surface area contributed by atoms with Crippen LogP contribution in [0.15, 0.2) is 42.1 Å². The van der Waals surface area contributed by atoms with Gasteiger partial charge in [-0.15, -0.1) is 0 Å². The number of carboxylic acids is 1. The van der Waals surface area contributed by atoms with Crippen molar-refractivity contribution in [3.8, 4) is 5.75 Å². The second-order valence-electron chi connectivity index (χ2n) is 4.20. The Morgan fingerprint density at radius 1 is 1.44 bits per heavy atom. The van der Waals surface area contributed by atoms with Crippen LogP contribution in [0, 0.1) is 0 Å². The first-order valence-corrected chi connectivity index (χ1v) is 5.63. The Kier molecular flexibility index (Phi) is 3.37. The number of benzene rings is 1. The fourth-order valence-corrected chi connectivity index (χ4v) is 1.97. The van der Waals surface area contributed by atoms with Crippen molar-refractivity contribution in [2.24, 2.45) is 0 Å². The summed E-state index contributed by atoms with van der Waals surface area (Å²) >= 11 is 0. The predicted molar refractivity (Wildman–Crippen MR) is 69.9 cm³/mol. The summed E-state index contributed by atoms with van der Waals surface area (Å²) in [5, 5.41) is 9.77. The van der Waals surface area contributed by atoms with E-state index < -0.39 is 5.97 Å². The highest BCUT2D eigenvalue weighted by molar-refractivity contribution is 5.82. The van der Waals surface area contributed by atoms with E-state index in [2.05, 4.69) is 0 Å². The molecular formula is C14H15NO3. The van der Waals surface area contributed by atoms with Crippen molar-refractivity contribution in [1.29, 1.82) is 0 Å². The van der Waals surface area contributed by atoms with Crippen LogP contribution in [0.2, 0.25) is 0 Å². The lowest BCUT2D eigenvalue weighted by atomic mass is 10.2. The van der Waals surface area contributed by atoms with E-state index in [0.29, 0.717) is 6.54 Å². The van der Waals surface area contributed by atoms with Crippen molar-refractivity contribution >= 4 is 16.9 Å². The molecule has 4 nitrogen and oxygen atoms in total. The van der Waals surface area contributed by atoms with Crippen LogP contribution >= 0.6 is 0 Å². The fourth-order valence-electron chi connectivity index (χ4n) is 1.97. The summed E-state index contributed by atoms with van der Waals surface area (Å²) in [6.07, 6.45) is 3.18. The Morgan fingerprint density at radius 2 is 2.22 bits per heavy atom. The molecule has 4 heteroatoms. The van der Waals surface area contributed by atoms with Gasteiger partial charge in [0, 0.05) is 29.7 Å². The lowest BCUT2D eigenvalue weighted by Crippen LogP contribution is -1.99. The SMILES string of the molecule is COc1ccc2c(ccn2CC(C)=CC(=O)O)c1. The zero-order valence-corrected chi connectivity index (χ0v) is 10.4. The highest BCUT2D eigenvalue weighted by Gasteiger charge is 2.03. The monoisotopic (exact) mass is 245 g/mol. The molecule has 1 heterocycles. The molecule has 0 aliphatic heterocycles. The molecule has 0 fully saturated rings. The van der Waals surface area contributed by atoms with Crippen molar-refractivity contribution in [3.63, 3.8) is 0 Å². The fraction of sp³-hybridized carbons (Fsp3) is 0.214. The number of allylic oxidation sites excluding steroid dienone is 1. The third-order valence-corrected chi connectivity index (χ3v) is 2.77. The van der Waals surface area contributed by atoms with Gasteiger partial charge in [-0.2, -0.15) is 0 Å². The van der Waals surface area contributed by atoms with Crippen LogP contribution < -0.4 is 4.74 Å².